The fraction of sp³-hybridized carbons (Fsp3) is 0.0667. The fourth-order valence-corrected chi connectivity index (χ4v) is 1.67. The van der Waals surface area contributed by atoms with Crippen molar-refractivity contribution < 1.29 is 24.9 Å². The summed E-state index contributed by atoms with van der Waals surface area (Å²) in [5.41, 5.74) is 3.04. The van der Waals surface area contributed by atoms with Crippen molar-refractivity contribution in [3.63, 3.8) is 0 Å². The first-order valence-electron chi connectivity index (χ1n) is 6.23. The van der Waals surface area contributed by atoms with Gasteiger partial charge in [0.1, 0.15) is 0 Å². The van der Waals surface area contributed by atoms with E-state index in [1.54, 1.807) is 12.1 Å². The molecule has 2 aromatic carbocycles. The van der Waals surface area contributed by atoms with Gasteiger partial charge in [0.2, 0.25) is 0 Å². The number of hydrazone groups is 1. The van der Waals surface area contributed by atoms with E-state index >= 15 is 0 Å². The molecule has 2 aromatic rings. The molecule has 0 unspecified atom stereocenters. The smallest absolute Gasteiger partial charge is 0.271 e. The van der Waals surface area contributed by atoms with E-state index in [0.717, 1.165) is 6.07 Å². The van der Waals surface area contributed by atoms with Gasteiger partial charge in [-0.1, -0.05) is 0 Å². The standard InChI is InChI=1S/C15H14N2O5/c1-22-14-6-9(2-4-12(14)19)8-16-17-15(21)10-3-5-11(18)13(20)7-10/h2-8,18-20H,1H3,(H,17,21). The van der Waals surface area contributed by atoms with E-state index in [9.17, 15) is 20.1 Å². The predicted octanol–water partition coefficient (Wildman–Crippen LogP) is 1.58. The van der Waals surface area contributed by atoms with Crippen molar-refractivity contribution in [2.45, 2.75) is 0 Å². The van der Waals surface area contributed by atoms with Crippen molar-refractivity contribution >= 4 is 12.1 Å². The Labute approximate surface area is 126 Å². The average molecular weight is 302 g/mol. The topological polar surface area (TPSA) is 111 Å². The molecule has 0 bridgehead atoms. The van der Waals surface area contributed by atoms with Gasteiger partial charge in [-0.2, -0.15) is 5.10 Å². The van der Waals surface area contributed by atoms with Gasteiger partial charge in [0.05, 0.1) is 13.3 Å². The van der Waals surface area contributed by atoms with E-state index < -0.39 is 5.91 Å². The minimum absolute atomic E-state index is 0.00301. The van der Waals surface area contributed by atoms with Crippen LogP contribution in [-0.2, 0) is 0 Å². The molecule has 0 radical (unpaired) electrons. The first-order valence-corrected chi connectivity index (χ1v) is 6.23. The molecule has 0 aliphatic rings. The molecule has 2 rings (SSSR count). The first-order chi connectivity index (χ1) is 10.5. The lowest BCUT2D eigenvalue weighted by Crippen LogP contribution is -2.17. The van der Waals surface area contributed by atoms with Crippen LogP contribution in [-0.4, -0.2) is 34.6 Å². The van der Waals surface area contributed by atoms with Crippen molar-refractivity contribution in [3.05, 3.63) is 47.5 Å². The summed E-state index contributed by atoms with van der Waals surface area (Å²) in [6, 6.07) is 8.28. The number of hydrogen-bond acceptors (Lipinski definition) is 6. The van der Waals surface area contributed by atoms with Crippen LogP contribution in [0.5, 0.6) is 23.0 Å². The van der Waals surface area contributed by atoms with Crippen molar-refractivity contribution in [1.82, 2.24) is 5.43 Å². The van der Waals surface area contributed by atoms with Gasteiger partial charge in [0.25, 0.3) is 5.91 Å². The number of hydrogen-bond donors (Lipinski definition) is 4. The minimum atomic E-state index is -0.544. The molecule has 1 amide bonds. The number of methoxy groups -OCH3 is 1. The van der Waals surface area contributed by atoms with Crippen LogP contribution in [0.15, 0.2) is 41.5 Å². The van der Waals surface area contributed by atoms with Crippen molar-refractivity contribution in [2.24, 2.45) is 5.10 Å². The molecule has 0 aliphatic heterocycles. The third-order valence-corrected chi connectivity index (χ3v) is 2.82. The van der Waals surface area contributed by atoms with Gasteiger partial charge < -0.3 is 20.1 Å². The molecule has 22 heavy (non-hydrogen) atoms. The number of ether oxygens (including phenoxy) is 1. The summed E-state index contributed by atoms with van der Waals surface area (Å²) in [5.74, 6) is -0.949. The van der Waals surface area contributed by atoms with Crippen LogP contribution >= 0.6 is 0 Å². The van der Waals surface area contributed by atoms with Gasteiger partial charge in [-0.3, -0.25) is 4.79 Å². The quantitative estimate of drug-likeness (QED) is 0.389. The Bertz CT molecular complexity index is 728. The van der Waals surface area contributed by atoms with Gasteiger partial charge in [-0.15, -0.1) is 0 Å². The van der Waals surface area contributed by atoms with Crippen LogP contribution in [0.3, 0.4) is 0 Å². The normalized spacial score (nSPS) is 10.6. The number of amides is 1. The maximum atomic E-state index is 11.8. The van der Waals surface area contributed by atoms with Gasteiger partial charge in [-0.05, 0) is 42.0 Å². The molecular formula is C15H14N2O5. The highest BCUT2D eigenvalue weighted by atomic mass is 16.5. The lowest BCUT2D eigenvalue weighted by Gasteiger charge is -2.04. The SMILES string of the molecule is COc1cc(C=NNC(=O)c2ccc(O)c(O)c2)ccc1O. The van der Waals surface area contributed by atoms with Gasteiger partial charge in [0.15, 0.2) is 23.0 Å². The third kappa shape index (κ3) is 3.45. The monoisotopic (exact) mass is 302 g/mol. The predicted molar refractivity (Wildman–Crippen MR) is 79.5 cm³/mol. The number of benzene rings is 2. The summed E-state index contributed by atoms with van der Waals surface area (Å²) >= 11 is 0. The average Bonchev–Trinajstić information content (AvgIpc) is 2.51. The van der Waals surface area contributed by atoms with Crippen LogP contribution in [0.2, 0.25) is 0 Å². The second kappa shape index (κ2) is 6.49. The zero-order valence-electron chi connectivity index (χ0n) is 11.6. The first kappa shape index (κ1) is 15.2. The summed E-state index contributed by atoms with van der Waals surface area (Å²) in [6.45, 7) is 0. The number of phenols is 3. The maximum Gasteiger partial charge on any atom is 0.271 e. The molecule has 0 saturated heterocycles. The van der Waals surface area contributed by atoms with Crippen LogP contribution in [0.25, 0.3) is 0 Å². The fourth-order valence-electron chi connectivity index (χ4n) is 1.67. The number of nitrogens with one attached hydrogen (secondary N) is 1. The summed E-state index contributed by atoms with van der Waals surface area (Å²) in [4.78, 5) is 11.8. The van der Waals surface area contributed by atoms with E-state index in [2.05, 4.69) is 10.5 Å². The number of phenolic OH excluding ortho intramolecular Hbond substituents is 3. The van der Waals surface area contributed by atoms with Crippen molar-refractivity contribution in [1.29, 1.82) is 0 Å². The molecule has 0 atom stereocenters. The summed E-state index contributed by atoms with van der Waals surface area (Å²) < 4.78 is 4.96. The Hall–Kier alpha value is -3.22. The Morgan fingerprint density at radius 1 is 1.09 bits per heavy atom. The second-order valence-corrected chi connectivity index (χ2v) is 4.33. The molecule has 7 nitrogen and oxygen atoms in total. The molecule has 7 heteroatoms. The summed E-state index contributed by atoms with van der Waals surface area (Å²) in [7, 11) is 1.43. The number of carbonyl (C=O) groups is 1. The summed E-state index contributed by atoms with van der Waals surface area (Å²) in [5, 5.41) is 31.7. The number of aromatic hydroxyl groups is 3. The zero-order valence-corrected chi connectivity index (χ0v) is 11.6. The molecule has 0 saturated carbocycles. The van der Waals surface area contributed by atoms with Crippen molar-refractivity contribution in [3.8, 4) is 23.0 Å². The van der Waals surface area contributed by atoms with Gasteiger partial charge in [-0.25, -0.2) is 5.43 Å². The second-order valence-electron chi connectivity index (χ2n) is 4.33. The number of nitrogens with zero attached hydrogens (tertiary/aromatic N) is 1. The molecule has 0 aromatic heterocycles. The van der Waals surface area contributed by atoms with Crippen LogP contribution in [0.4, 0.5) is 0 Å². The van der Waals surface area contributed by atoms with Gasteiger partial charge in [0, 0.05) is 5.56 Å². The Morgan fingerprint density at radius 3 is 2.50 bits per heavy atom. The lowest BCUT2D eigenvalue weighted by atomic mass is 10.2. The van der Waals surface area contributed by atoms with E-state index in [0.29, 0.717) is 11.3 Å². The van der Waals surface area contributed by atoms with Crippen molar-refractivity contribution in [2.75, 3.05) is 7.11 Å². The van der Waals surface area contributed by atoms with Crippen LogP contribution in [0, 0.1) is 0 Å². The van der Waals surface area contributed by atoms with Gasteiger partial charge >= 0.3 is 0 Å². The molecule has 0 fully saturated rings. The zero-order chi connectivity index (χ0) is 16.1. The Morgan fingerprint density at radius 2 is 1.82 bits per heavy atom. The van der Waals surface area contributed by atoms with E-state index in [1.807, 2.05) is 0 Å². The lowest BCUT2D eigenvalue weighted by molar-refractivity contribution is 0.0954. The maximum absolute atomic E-state index is 11.8. The minimum Gasteiger partial charge on any atom is -0.504 e. The Kier molecular flexibility index (Phi) is 4.47. The van der Waals surface area contributed by atoms with E-state index in [-0.39, 0.29) is 22.8 Å². The largest absolute Gasteiger partial charge is 0.504 e. The molecule has 114 valence electrons. The van der Waals surface area contributed by atoms with E-state index in [1.165, 1.54) is 31.5 Å². The third-order valence-electron chi connectivity index (χ3n) is 2.82. The van der Waals surface area contributed by atoms with E-state index in [4.69, 9.17) is 4.74 Å². The van der Waals surface area contributed by atoms with Crippen LogP contribution < -0.4 is 10.2 Å². The molecule has 0 heterocycles. The molecule has 4 N–H and O–H groups in total. The number of carbonyl (C=O) groups excluding carboxylic acids is 1. The van der Waals surface area contributed by atoms with Crippen LogP contribution in [0.1, 0.15) is 15.9 Å². The molecular weight excluding hydrogens is 288 g/mol. The molecule has 0 aliphatic carbocycles. The summed E-state index contributed by atoms with van der Waals surface area (Å²) in [6.07, 6.45) is 1.38. The number of rotatable bonds is 4. The molecule has 0 spiro atoms. The Balaban J connectivity index is 2.05. The highest BCUT2D eigenvalue weighted by Crippen LogP contribution is 2.26. The highest BCUT2D eigenvalue weighted by Gasteiger charge is 2.07. The highest BCUT2D eigenvalue weighted by molar-refractivity contribution is 5.95.